The lowest BCUT2D eigenvalue weighted by Gasteiger charge is -2.29. The Labute approximate surface area is 113 Å². The molecule has 3 N–H and O–H groups in total. The van der Waals surface area contributed by atoms with Gasteiger partial charge in [-0.3, -0.25) is 5.10 Å². The van der Waals surface area contributed by atoms with Crippen LogP contribution in [0.4, 0.5) is 0 Å². The largest absolute Gasteiger partial charge is 0.490 e. The second-order valence-electron chi connectivity index (χ2n) is 5.53. The van der Waals surface area contributed by atoms with Gasteiger partial charge in [0, 0.05) is 10.9 Å². The summed E-state index contributed by atoms with van der Waals surface area (Å²) in [6.07, 6.45) is 6.86. The van der Waals surface area contributed by atoms with Gasteiger partial charge in [0.2, 0.25) is 0 Å². The Morgan fingerprint density at radius 1 is 1.42 bits per heavy atom. The molecule has 1 saturated carbocycles. The van der Waals surface area contributed by atoms with E-state index in [2.05, 4.69) is 17.1 Å². The molecule has 0 spiro atoms. The van der Waals surface area contributed by atoms with Crippen molar-refractivity contribution < 1.29 is 4.74 Å². The van der Waals surface area contributed by atoms with Crippen molar-refractivity contribution in [3.05, 3.63) is 23.9 Å². The van der Waals surface area contributed by atoms with Gasteiger partial charge >= 0.3 is 0 Å². The lowest BCUT2D eigenvalue weighted by atomic mass is 9.87. The van der Waals surface area contributed by atoms with Gasteiger partial charge in [-0.25, -0.2) is 0 Å². The van der Waals surface area contributed by atoms with Crippen molar-refractivity contribution in [2.24, 2.45) is 11.7 Å². The number of ether oxygens (including phenoxy) is 1. The molecular formula is C15H21N3O. The minimum Gasteiger partial charge on any atom is -0.490 e. The maximum Gasteiger partial charge on any atom is 0.123 e. The van der Waals surface area contributed by atoms with Gasteiger partial charge in [-0.05, 0) is 57.2 Å². The highest BCUT2D eigenvalue weighted by molar-refractivity contribution is 5.83. The van der Waals surface area contributed by atoms with E-state index in [0.29, 0.717) is 12.0 Å². The van der Waals surface area contributed by atoms with E-state index in [1.165, 1.54) is 18.4 Å². The van der Waals surface area contributed by atoms with Crippen LogP contribution in [0.2, 0.25) is 0 Å². The SMILES string of the molecule is Cc1c(O[C@H]2CCC[C@@H](CN)C2)ccc2[nH]ncc12. The molecule has 1 aromatic heterocycles. The number of nitrogens with zero attached hydrogens (tertiary/aromatic N) is 1. The average Bonchev–Trinajstić information content (AvgIpc) is 2.91. The summed E-state index contributed by atoms with van der Waals surface area (Å²) < 4.78 is 6.20. The smallest absolute Gasteiger partial charge is 0.123 e. The molecular weight excluding hydrogens is 238 g/mol. The van der Waals surface area contributed by atoms with Gasteiger partial charge in [-0.1, -0.05) is 0 Å². The van der Waals surface area contributed by atoms with E-state index >= 15 is 0 Å². The molecule has 1 aliphatic rings. The summed E-state index contributed by atoms with van der Waals surface area (Å²) >= 11 is 0. The zero-order valence-corrected chi connectivity index (χ0v) is 11.4. The second kappa shape index (κ2) is 5.21. The lowest BCUT2D eigenvalue weighted by Crippen LogP contribution is -2.29. The Balaban J connectivity index is 1.79. The summed E-state index contributed by atoms with van der Waals surface area (Å²) in [5, 5.41) is 8.21. The Hall–Kier alpha value is -1.55. The van der Waals surface area contributed by atoms with Gasteiger partial charge < -0.3 is 10.5 Å². The topological polar surface area (TPSA) is 63.9 Å². The van der Waals surface area contributed by atoms with E-state index in [0.717, 1.165) is 36.0 Å². The first-order valence-corrected chi connectivity index (χ1v) is 7.07. The Kier molecular flexibility index (Phi) is 3.42. The minimum atomic E-state index is 0.311. The third-order valence-corrected chi connectivity index (χ3v) is 4.21. The molecule has 0 radical (unpaired) electrons. The number of hydrogen-bond acceptors (Lipinski definition) is 3. The van der Waals surface area contributed by atoms with Gasteiger partial charge in [0.25, 0.3) is 0 Å². The van der Waals surface area contributed by atoms with Gasteiger partial charge in [-0.2, -0.15) is 5.10 Å². The van der Waals surface area contributed by atoms with Crippen molar-refractivity contribution in [2.75, 3.05) is 6.54 Å². The predicted octanol–water partition coefficient (Wildman–Crippen LogP) is 2.77. The van der Waals surface area contributed by atoms with Crippen LogP contribution in [-0.4, -0.2) is 22.8 Å². The highest BCUT2D eigenvalue weighted by Crippen LogP contribution is 2.31. The summed E-state index contributed by atoms with van der Waals surface area (Å²) in [5.41, 5.74) is 8.01. The second-order valence-corrected chi connectivity index (χ2v) is 5.53. The zero-order valence-electron chi connectivity index (χ0n) is 11.4. The summed E-state index contributed by atoms with van der Waals surface area (Å²) in [4.78, 5) is 0. The standard InChI is InChI=1S/C15H21N3O/c1-10-13-9-17-18-14(13)5-6-15(10)19-12-4-2-3-11(7-12)8-16/h5-6,9,11-12H,2-4,7-8,16H2,1H3,(H,17,18)/t11-,12+/m1/s1. The number of nitrogens with two attached hydrogens (primary N) is 1. The number of H-pyrrole nitrogens is 1. The maximum absolute atomic E-state index is 6.20. The third-order valence-electron chi connectivity index (χ3n) is 4.21. The molecule has 3 rings (SSSR count). The normalized spacial score (nSPS) is 23.7. The van der Waals surface area contributed by atoms with Crippen LogP contribution in [0, 0.1) is 12.8 Å². The van der Waals surface area contributed by atoms with Crippen LogP contribution in [0.15, 0.2) is 18.3 Å². The van der Waals surface area contributed by atoms with Crippen LogP contribution in [0.1, 0.15) is 31.2 Å². The van der Waals surface area contributed by atoms with E-state index in [1.54, 1.807) is 0 Å². The van der Waals surface area contributed by atoms with Gasteiger partial charge in [-0.15, -0.1) is 0 Å². The Morgan fingerprint density at radius 2 is 2.32 bits per heavy atom. The summed E-state index contributed by atoms with van der Waals surface area (Å²) in [5.74, 6) is 1.60. The van der Waals surface area contributed by atoms with Crippen molar-refractivity contribution in [1.29, 1.82) is 0 Å². The monoisotopic (exact) mass is 259 g/mol. The van der Waals surface area contributed by atoms with Crippen molar-refractivity contribution in [3.63, 3.8) is 0 Å². The van der Waals surface area contributed by atoms with Gasteiger partial charge in [0.15, 0.2) is 0 Å². The van der Waals surface area contributed by atoms with Crippen molar-refractivity contribution >= 4 is 10.9 Å². The quantitative estimate of drug-likeness (QED) is 0.890. The zero-order chi connectivity index (χ0) is 13.2. The fraction of sp³-hybridized carbons (Fsp3) is 0.533. The van der Waals surface area contributed by atoms with Crippen LogP contribution in [0.5, 0.6) is 5.75 Å². The van der Waals surface area contributed by atoms with Gasteiger partial charge in [0.05, 0.1) is 17.8 Å². The van der Waals surface area contributed by atoms with E-state index < -0.39 is 0 Å². The highest BCUT2D eigenvalue weighted by atomic mass is 16.5. The van der Waals surface area contributed by atoms with Crippen molar-refractivity contribution in [3.8, 4) is 5.75 Å². The van der Waals surface area contributed by atoms with Gasteiger partial charge in [0.1, 0.15) is 5.75 Å². The lowest BCUT2D eigenvalue weighted by molar-refractivity contribution is 0.125. The van der Waals surface area contributed by atoms with Crippen LogP contribution in [-0.2, 0) is 0 Å². The maximum atomic E-state index is 6.20. The molecule has 1 aliphatic carbocycles. The molecule has 2 aromatic rings. The van der Waals surface area contributed by atoms with E-state index in [1.807, 2.05) is 18.3 Å². The number of fused-ring (bicyclic) bond motifs is 1. The molecule has 1 fully saturated rings. The van der Waals surface area contributed by atoms with Crippen LogP contribution in [0.25, 0.3) is 10.9 Å². The van der Waals surface area contributed by atoms with E-state index in [9.17, 15) is 0 Å². The Bertz CT molecular complexity index is 564. The highest BCUT2D eigenvalue weighted by Gasteiger charge is 2.23. The summed E-state index contributed by atoms with van der Waals surface area (Å²) in [6.45, 7) is 2.87. The first-order valence-electron chi connectivity index (χ1n) is 7.07. The number of aromatic amines is 1. The molecule has 0 aliphatic heterocycles. The Morgan fingerprint density at radius 3 is 3.16 bits per heavy atom. The third kappa shape index (κ3) is 2.45. The fourth-order valence-electron chi connectivity index (χ4n) is 3.01. The van der Waals surface area contributed by atoms with Crippen LogP contribution < -0.4 is 10.5 Å². The van der Waals surface area contributed by atoms with E-state index in [-0.39, 0.29) is 0 Å². The number of aromatic nitrogens is 2. The molecule has 4 nitrogen and oxygen atoms in total. The molecule has 1 heterocycles. The molecule has 4 heteroatoms. The van der Waals surface area contributed by atoms with Crippen LogP contribution in [0.3, 0.4) is 0 Å². The first-order chi connectivity index (χ1) is 9.28. The number of nitrogens with one attached hydrogen (secondary N) is 1. The molecule has 0 bridgehead atoms. The first kappa shape index (κ1) is 12.5. The average molecular weight is 259 g/mol. The van der Waals surface area contributed by atoms with Crippen molar-refractivity contribution in [1.82, 2.24) is 10.2 Å². The molecule has 0 amide bonds. The number of aryl methyl sites for hydroxylation is 1. The number of benzene rings is 1. The molecule has 102 valence electrons. The summed E-state index contributed by atoms with van der Waals surface area (Å²) in [6, 6.07) is 4.08. The number of rotatable bonds is 3. The molecule has 2 atom stereocenters. The fourth-order valence-corrected chi connectivity index (χ4v) is 3.01. The predicted molar refractivity (Wildman–Crippen MR) is 76.3 cm³/mol. The minimum absolute atomic E-state index is 0.311. The molecule has 1 aromatic carbocycles. The van der Waals surface area contributed by atoms with E-state index in [4.69, 9.17) is 10.5 Å². The molecule has 0 unspecified atom stereocenters. The summed E-state index contributed by atoms with van der Waals surface area (Å²) in [7, 11) is 0. The molecule has 19 heavy (non-hydrogen) atoms. The van der Waals surface area contributed by atoms with Crippen LogP contribution >= 0.6 is 0 Å². The van der Waals surface area contributed by atoms with Crippen molar-refractivity contribution in [2.45, 2.75) is 38.7 Å². The molecule has 0 saturated heterocycles. The number of hydrogen-bond donors (Lipinski definition) is 2.